The van der Waals surface area contributed by atoms with Crippen LogP contribution in [0.25, 0.3) is 0 Å². The third-order valence-corrected chi connectivity index (χ3v) is 4.37. The van der Waals surface area contributed by atoms with Crippen LogP contribution in [0.15, 0.2) is 0 Å². The molecule has 0 aliphatic carbocycles. The van der Waals surface area contributed by atoms with E-state index in [1.165, 1.54) is 12.8 Å². The number of carbonyl (C=O) groups excluding carboxylic acids is 1. The molecule has 1 amide bonds. The molecule has 3 heteroatoms. The number of likely N-dealkylation sites (tertiary alicyclic amines) is 1. The van der Waals surface area contributed by atoms with Gasteiger partial charge in [-0.2, -0.15) is 0 Å². The molecule has 2 aliphatic heterocycles. The number of nitrogens with one attached hydrogen (secondary N) is 1. The van der Waals surface area contributed by atoms with Crippen LogP contribution in [0, 0.1) is 11.3 Å². The van der Waals surface area contributed by atoms with E-state index in [1.54, 1.807) is 0 Å². The van der Waals surface area contributed by atoms with Gasteiger partial charge < -0.3 is 10.2 Å². The Kier molecular flexibility index (Phi) is 4.08. The second-order valence-electron chi connectivity index (χ2n) is 5.96. The average molecular weight is 238 g/mol. The van der Waals surface area contributed by atoms with E-state index in [2.05, 4.69) is 24.1 Å². The molecule has 2 atom stereocenters. The van der Waals surface area contributed by atoms with Crippen LogP contribution in [-0.4, -0.2) is 37.0 Å². The zero-order valence-electron chi connectivity index (χ0n) is 11.3. The topological polar surface area (TPSA) is 32.3 Å². The highest BCUT2D eigenvalue weighted by Crippen LogP contribution is 2.34. The Morgan fingerprint density at radius 3 is 2.94 bits per heavy atom. The van der Waals surface area contributed by atoms with Crippen molar-refractivity contribution < 1.29 is 4.79 Å². The molecule has 2 rings (SSSR count). The van der Waals surface area contributed by atoms with Gasteiger partial charge in [0.25, 0.3) is 0 Å². The summed E-state index contributed by atoms with van der Waals surface area (Å²) >= 11 is 0. The Bertz CT molecular complexity index is 271. The van der Waals surface area contributed by atoms with E-state index in [1.807, 2.05) is 0 Å². The molecule has 2 unspecified atom stereocenters. The minimum atomic E-state index is -0.0776. The lowest BCUT2D eigenvalue weighted by Crippen LogP contribution is -2.48. The Morgan fingerprint density at radius 2 is 2.35 bits per heavy atom. The Morgan fingerprint density at radius 1 is 1.53 bits per heavy atom. The SMILES string of the molecule is CCCC1(C(=O)N2CCCC(C)C2)CCNC1. The van der Waals surface area contributed by atoms with Gasteiger partial charge in [-0.1, -0.05) is 20.3 Å². The van der Waals surface area contributed by atoms with E-state index in [0.29, 0.717) is 11.8 Å². The van der Waals surface area contributed by atoms with Gasteiger partial charge in [-0.3, -0.25) is 4.79 Å². The molecule has 0 bridgehead atoms. The molecule has 98 valence electrons. The van der Waals surface area contributed by atoms with Crippen molar-refractivity contribution in [2.24, 2.45) is 11.3 Å². The van der Waals surface area contributed by atoms with Crippen LogP contribution in [0.2, 0.25) is 0 Å². The van der Waals surface area contributed by atoms with Gasteiger partial charge in [0, 0.05) is 19.6 Å². The number of hydrogen-bond donors (Lipinski definition) is 1. The number of piperidine rings is 1. The predicted molar refractivity (Wildman–Crippen MR) is 69.8 cm³/mol. The lowest BCUT2D eigenvalue weighted by molar-refractivity contribution is -0.143. The maximum Gasteiger partial charge on any atom is 0.230 e. The van der Waals surface area contributed by atoms with Gasteiger partial charge in [0.15, 0.2) is 0 Å². The van der Waals surface area contributed by atoms with E-state index in [4.69, 9.17) is 0 Å². The summed E-state index contributed by atoms with van der Waals surface area (Å²) in [7, 11) is 0. The van der Waals surface area contributed by atoms with Gasteiger partial charge in [0.1, 0.15) is 0 Å². The van der Waals surface area contributed by atoms with Crippen molar-refractivity contribution in [2.75, 3.05) is 26.2 Å². The minimum Gasteiger partial charge on any atom is -0.342 e. The van der Waals surface area contributed by atoms with Crippen LogP contribution in [0.5, 0.6) is 0 Å². The fourth-order valence-corrected chi connectivity index (χ4v) is 3.43. The summed E-state index contributed by atoms with van der Waals surface area (Å²) in [6.45, 7) is 8.31. The molecule has 2 aliphatic rings. The van der Waals surface area contributed by atoms with E-state index in [0.717, 1.165) is 45.4 Å². The molecule has 2 heterocycles. The summed E-state index contributed by atoms with van der Waals surface area (Å²) in [5, 5.41) is 3.38. The van der Waals surface area contributed by atoms with Crippen molar-refractivity contribution in [3.05, 3.63) is 0 Å². The molecule has 3 nitrogen and oxygen atoms in total. The number of amides is 1. The molecular weight excluding hydrogens is 212 g/mol. The second kappa shape index (κ2) is 5.38. The monoisotopic (exact) mass is 238 g/mol. The van der Waals surface area contributed by atoms with E-state index in [-0.39, 0.29) is 5.41 Å². The number of rotatable bonds is 3. The second-order valence-corrected chi connectivity index (χ2v) is 5.96. The molecule has 1 N–H and O–H groups in total. The van der Waals surface area contributed by atoms with Crippen molar-refractivity contribution in [1.82, 2.24) is 10.2 Å². The number of carbonyl (C=O) groups is 1. The van der Waals surface area contributed by atoms with Crippen molar-refractivity contribution in [3.63, 3.8) is 0 Å². The van der Waals surface area contributed by atoms with Crippen LogP contribution in [0.3, 0.4) is 0 Å². The first-order valence-corrected chi connectivity index (χ1v) is 7.18. The first kappa shape index (κ1) is 12.9. The molecule has 0 aromatic rings. The van der Waals surface area contributed by atoms with Crippen molar-refractivity contribution in [2.45, 2.75) is 46.0 Å². The molecule has 0 saturated carbocycles. The zero-order valence-corrected chi connectivity index (χ0v) is 11.3. The highest BCUT2D eigenvalue weighted by molar-refractivity contribution is 5.83. The highest BCUT2D eigenvalue weighted by atomic mass is 16.2. The van der Waals surface area contributed by atoms with Crippen molar-refractivity contribution in [1.29, 1.82) is 0 Å². The maximum absolute atomic E-state index is 12.7. The third-order valence-electron chi connectivity index (χ3n) is 4.37. The van der Waals surface area contributed by atoms with Gasteiger partial charge in [-0.15, -0.1) is 0 Å². The summed E-state index contributed by atoms with van der Waals surface area (Å²) in [6, 6.07) is 0. The number of nitrogens with zero attached hydrogens (tertiary/aromatic N) is 1. The van der Waals surface area contributed by atoms with Gasteiger partial charge in [-0.05, 0) is 38.1 Å². The van der Waals surface area contributed by atoms with Gasteiger partial charge in [0.05, 0.1) is 5.41 Å². The van der Waals surface area contributed by atoms with Crippen LogP contribution in [0.1, 0.15) is 46.0 Å². The predicted octanol–water partition coefficient (Wildman–Crippen LogP) is 2.02. The van der Waals surface area contributed by atoms with Gasteiger partial charge in [0.2, 0.25) is 5.91 Å². The lowest BCUT2D eigenvalue weighted by atomic mass is 9.80. The summed E-state index contributed by atoms with van der Waals surface area (Å²) in [5.74, 6) is 1.11. The molecule has 0 radical (unpaired) electrons. The quantitative estimate of drug-likeness (QED) is 0.816. The average Bonchev–Trinajstić information content (AvgIpc) is 2.78. The van der Waals surface area contributed by atoms with Crippen LogP contribution < -0.4 is 5.32 Å². The molecule has 0 aromatic heterocycles. The zero-order chi connectivity index (χ0) is 12.3. The molecule has 17 heavy (non-hydrogen) atoms. The van der Waals surface area contributed by atoms with Crippen molar-refractivity contribution >= 4 is 5.91 Å². The molecular formula is C14H26N2O. The molecule has 2 saturated heterocycles. The van der Waals surface area contributed by atoms with E-state index < -0.39 is 0 Å². The Balaban J connectivity index is 2.05. The molecule has 2 fully saturated rings. The summed E-state index contributed by atoms with van der Waals surface area (Å²) in [4.78, 5) is 14.9. The highest BCUT2D eigenvalue weighted by Gasteiger charge is 2.43. The summed E-state index contributed by atoms with van der Waals surface area (Å²) in [5.41, 5.74) is -0.0776. The standard InChI is InChI=1S/C14H26N2O/c1-3-6-14(7-8-15-11-14)13(17)16-9-4-5-12(2)10-16/h12,15H,3-11H2,1-2H3. The minimum absolute atomic E-state index is 0.0776. The third kappa shape index (κ3) is 2.65. The van der Waals surface area contributed by atoms with E-state index >= 15 is 0 Å². The first-order chi connectivity index (χ1) is 8.18. The Hall–Kier alpha value is -0.570. The smallest absolute Gasteiger partial charge is 0.230 e. The van der Waals surface area contributed by atoms with Crippen LogP contribution in [0.4, 0.5) is 0 Å². The lowest BCUT2D eigenvalue weighted by Gasteiger charge is -2.38. The summed E-state index contributed by atoms with van der Waals surface area (Å²) in [6.07, 6.45) is 5.65. The fraction of sp³-hybridized carbons (Fsp3) is 0.929. The molecule has 0 aromatic carbocycles. The molecule has 0 spiro atoms. The van der Waals surface area contributed by atoms with Crippen LogP contribution in [-0.2, 0) is 4.79 Å². The normalized spacial score (nSPS) is 34.0. The fourth-order valence-electron chi connectivity index (χ4n) is 3.43. The van der Waals surface area contributed by atoms with Gasteiger partial charge >= 0.3 is 0 Å². The first-order valence-electron chi connectivity index (χ1n) is 7.18. The maximum atomic E-state index is 12.7. The Labute approximate surface area is 105 Å². The van der Waals surface area contributed by atoms with E-state index in [9.17, 15) is 4.79 Å². The van der Waals surface area contributed by atoms with Crippen molar-refractivity contribution in [3.8, 4) is 0 Å². The van der Waals surface area contributed by atoms with Crippen LogP contribution >= 0.6 is 0 Å². The number of hydrogen-bond acceptors (Lipinski definition) is 2. The largest absolute Gasteiger partial charge is 0.342 e. The van der Waals surface area contributed by atoms with Gasteiger partial charge in [-0.25, -0.2) is 0 Å². The summed E-state index contributed by atoms with van der Waals surface area (Å²) < 4.78 is 0.